The van der Waals surface area contributed by atoms with Crippen molar-refractivity contribution in [3.05, 3.63) is 23.3 Å². The fraction of sp³-hybridized carbons (Fsp3) is 0.680. The third-order valence-corrected chi connectivity index (χ3v) is 6.78. The fourth-order valence-corrected chi connectivity index (χ4v) is 4.54. The second kappa shape index (κ2) is 13.6. The number of methoxy groups -OCH3 is 3. The van der Waals surface area contributed by atoms with E-state index in [0.717, 1.165) is 70.4 Å². The Kier molecular flexibility index (Phi) is 10.6. The predicted molar refractivity (Wildman–Crippen MR) is 134 cm³/mol. The number of hydrogen-bond donors (Lipinski definition) is 1. The second-order valence-corrected chi connectivity index (χ2v) is 9.19. The molecule has 2 fully saturated rings. The van der Waals surface area contributed by atoms with Gasteiger partial charge in [-0.05, 0) is 30.2 Å². The molecular formula is C25H41N5O5. The van der Waals surface area contributed by atoms with Crippen molar-refractivity contribution in [2.75, 3.05) is 99.9 Å². The third-order valence-electron chi connectivity index (χ3n) is 6.78. The van der Waals surface area contributed by atoms with Crippen LogP contribution in [0.3, 0.4) is 0 Å². The van der Waals surface area contributed by atoms with Crippen molar-refractivity contribution < 1.29 is 23.8 Å². The van der Waals surface area contributed by atoms with Crippen molar-refractivity contribution >= 4 is 11.8 Å². The van der Waals surface area contributed by atoms with E-state index in [0.29, 0.717) is 26.2 Å². The highest BCUT2D eigenvalue weighted by molar-refractivity contribution is 5.78. The van der Waals surface area contributed by atoms with Crippen LogP contribution in [0.4, 0.5) is 0 Å². The number of piperazine rings is 2. The number of carbonyl (C=O) groups excluding carboxylic acids is 2. The lowest BCUT2D eigenvalue weighted by Crippen LogP contribution is -2.54. The Morgan fingerprint density at radius 1 is 0.829 bits per heavy atom. The van der Waals surface area contributed by atoms with Crippen LogP contribution in [0.25, 0.3) is 0 Å². The highest BCUT2D eigenvalue weighted by Crippen LogP contribution is 2.31. The molecule has 0 aromatic heterocycles. The summed E-state index contributed by atoms with van der Waals surface area (Å²) in [5, 5.41) is 2.85. The van der Waals surface area contributed by atoms with Crippen molar-refractivity contribution in [1.29, 1.82) is 0 Å². The zero-order chi connectivity index (χ0) is 25.2. The van der Waals surface area contributed by atoms with Crippen molar-refractivity contribution in [3.8, 4) is 11.5 Å². The summed E-state index contributed by atoms with van der Waals surface area (Å²) in [6, 6.07) is 4.07. The van der Waals surface area contributed by atoms with Crippen LogP contribution in [0.15, 0.2) is 12.1 Å². The Bertz CT molecular complexity index is 836. The van der Waals surface area contributed by atoms with Crippen molar-refractivity contribution in [2.45, 2.75) is 13.5 Å². The monoisotopic (exact) mass is 491 g/mol. The Labute approximate surface area is 209 Å². The first kappa shape index (κ1) is 27.2. The van der Waals surface area contributed by atoms with Gasteiger partial charge in [-0.15, -0.1) is 0 Å². The molecule has 10 nitrogen and oxygen atoms in total. The van der Waals surface area contributed by atoms with Gasteiger partial charge in [0.05, 0.1) is 33.9 Å². The Hall–Kier alpha value is -2.40. The van der Waals surface area contributed by atoms with Gasteiger partial charge in [-0.25, -0.2) is 0 Å². The SMILES string of the molecule is COCCNC(=O)CN1CCN(CC(=O)N2CCN(Cc3cc(OC)c(OC)cc3C)CC2)CC1. The highest BCUT2D eigenvalue weighted by atomic mass is 16.5. The highest BCUT2D eigenvalue weighted by Gasteiger charge is 2.25. The lowest BCUT2D eigenvalue weighted by molar-refractivity contribution is -0.135. The number of nitrogens with zero attached hydrogens (tertiary/aromatic N) is 4. The quantitative estimate of drug-likeness (QED) is 0.434. The van der Waals surface area contributed by atoms with Gasteiger partial charge >= 0.3 is 0 Å². The van der Waals surface area contributed by atoms with Gasteiger partial charge in [0.25, 0.3) is 0 Å². The van der Waals surface area contributed by atoms with E-state index in [1.807, 2.05) is 11.0 Å². The first-order valence-corrected chi connectivity index (χ1v) is 12.4. The van der Waals surface area contributed by atoms with Crippen LogP contribution in [0.2, 0.25) is 0 Å². The zero-order valence-electron chi connectivity index (χ0n) is 21.7. The van der Waals surface area contributed by atoms with Gasteiger partial charge in [0, 0.05) is 72.6 Å². The summed E-state index contributed by atoms with van der Waals surface area (Å²) in [7, 11) is 4.92. The summed E-state index contributed by atoms with van der Waals surface area (Å²) in [5.74, 6) is 1.70. The molecule has 3 rings (SSSR count). The third kappa shape index (κ3) is 8.06. The summed E-state index contributed by atoms with van der Waals surface area (Å²) in [6.45, 7) is 11.2. The minimum atomic E-state index is 0.0210. The van der Waals surface area contributed by atoms with Crippen molar-refractivity contribution in [2.24, 2.45) is 0 Å². The second-order valence-electron chi connectivity index (χ2n) is 9.19. The van der Waals surface area contributed by atoms with Crippen LogP contribution < -0.4 is 14.8 Å². The summed E-state index contributed by atoms with van der Waals surface area (Å²) in [6.07, 6.45) is 0. The fourth-order valence-electron chi connectivity index (χ4n) is 4.54. The topological polar surface area (TPSA) is 86.8 Å². The Morgan fingerprint density at radius 3 is 2.00 bits per heavy atom. The number of rotatable bonds is 11. The molecule has 10 heteroatoms. The minimum Gasteiger partial charge on any atom is -0.493 e. The van der Waals surface area contributed by atoms with Gasteiger partial charge in [-0.3, -0.25) is 24.3 Å². The molecule has 196 valence electrons. The molecule has 2 saturated heterocycles. The number of amides is 2. The van der Waals surface area contributed by atoms with Crippen molar-refractivity contribution in [3.63, 3.8) is 0 Å². The van der Waals surface area contributed by atoms with Crippen LogP contribution in [0, 0.1) is 6.92 Å². The molecule has 1 aromatic carbocycles. The average Bonchev–Trinajstić information content (AvgIpc) is 2.86. The Balaban J connectivity index is 1.38. The smallest absolute Gasteiger partial charge is 0.236 e. The van der Waals surface area contributed by atoms with E-state index in [9.17, 15) is 9.59 Å². The van der Waals surface area contributed by atoms with Crippen molar-refractivity contribution in [1.82, 2.24) is 24.9 Å². The zero-order valence-corrected chi connectivity index (χ0v) is 21.7. The molecule has 2 amide bonds. The average molecular weight is 492 g/mol. The van der Waals surface area contributed by atoms with E-state index in [-0.39, 0.29) is 11.8 Å². The molecule has 2 aliphatic heterocycles. The van der Waals surface area contributed by atoms with Gasteiger partial charge in [0.2, 0.25) is 11.8 Å². The molecule has 1 aromatic rings. The maximum Gasteiger partial charge on any atom is 0.236 e. The van der Waals surface area contributed by atoms with E-state index in [1.165, 1.54) is 11.1 Å². The first-order chi connectivity index (χ1) is 16.9. The molecule has 0 aliphatic carbocycles. The molecule has 2 heterocycles. The maximum absolute atomic E-state index is 12.9. The van der Waals surface area contributed by atoms with Gasteiger partial charge in [-0.1, -0.05) is 0 Å². The molecular weight excluding hydrogens is 450 g/mol. The summed E-state index contributed by atoms with van der Waals surface area (Å²) in [5.41, 5.74) is 2.39. The molecule has 0 bridgehead atoms. The van der Waals surface area contributed by atoms with E-state index in [4.69, 9.17) is 14.2 Å². The summed E-state index contributed by atoms with van der Waals surface area (Å²) in [4.78, 5) is 33.6. The maximum atomic E-state index is 12.9. The number of carbonyl (C=O) groups is 2. The van der Waals surface area contributed by atoms with Gasteiger partial charge in [-0.2, -0.15) is 0 Å². The van der Waals surface area contributed by atoms with Gasteiger partial charge in [0.1, 0.15) is 0 Å². The predicted octanol–water partition coefficient (Wildman–Crippen LogP) is 0.0366. The molecule has 2 aliphatic rings. The lowest BCUT2D eigenvalue weighted by atomic mass is 10.1. The summed E-state index contributed by atoms with van der Waals surface area (Å²) >= 11 is 0. The van der Waals surface area contributed by atoms with E-state index >= 15 is 0 Å². The molecule has 0 saturated carbocycles. The molecule has 0 unspecified atom stereocenters. The van der Waals surface area contributed by atoms with Crippen LogP contribution in [0.1, 0.15) is 11.1 Å². The lowest BCUT2D eigenvalue weighted by Gasteiger charge is -2.38. The molecule has 35 heavy (non-hydrogen) atoms. The molecule has 1 N–H and O–H groups in total. The van der Waals surface area contributed by atoms with Gasteiger partial charge < -0.3 is 24.4 Å². The van der Waals surface area contributed by atoms with E-state index < -0.39 is 0 Å². The van der Waals surface area contributed by atoms with Gasteiger partial charge in [0.15, 0.2) is 11.5 Å². The first-order valence-electron chi connectivity index (χ1n) is 12.4. The number of nitrogens with one attached hydrogen (secondary N) is 1. The van der Waals surface area contributed by atoms with Crippen LogP contribution in [-0.2, 0) is 20.9 Å². The van der Waals surface area contributed by atoms with Crippen LogP contribution in [-0.4, -0.2) is 131 Å². The standard InChI is InChI=1S/C25H41N5O5/c1-20-15-22(34-3)23(35-4)16-21(20)17-27-10-12-30(13-11-27)25(32)19-29-8-6-28(7-9-29)18-24(31)26-5-14-33-2/h15-16H,5-14,17-19H2,1-4H3,(H,26,31). The number of benzene rings is 1. The largest absolute Gasteiger partial charge is 0.493 e. The minimum absolute atomic E-state index is 0.0210. The normalized spacial score (nSPS) is 17.9. The number of aryl methyl sites for hydroxylation is 1. The van der Waals surface area contributed by atoms with E-state index in [1.54, 1.807) is 21.3 Å². The van der Waals surface area contributed by atoms with Crippen LogP contribution >= 0.6 is 0 Å². The molecule has 0 radical (unpaired) electrons. The van der Waals surface area contributed by atoms with E-state index in [2.05, 4.69) is 33.0 Å². The number of ether oxygens (including phenoxy) is 3. The Morgan fingerprint density at radius 2 is 1.40 bits per heavy atom. The summed E-state index contributed by atoms with van der Waals surface area (Å²) < 4.78 is 15.8. The molecule has 0 spiro atoms. The number of hydrogen-bond acceptors (Lipinski definition) is 8. The molecule has 0 atom stereocenters. The van der Waals surface area contributed by atoms with Crippen LogP contribution in [0.5, 0.6) is 11.5 Å².